The van der Waals surface area contributed by atoms with Crippen LogP contribution in [0.15, 0.2) is 18.2 Å². The number of nitrogens with two attached hydrogens (primary N) is 1. The highest BCUT2D eigenvalue weighted by molar-refractivity contribution is 6.33. The Labute approximate surface area is 97.0 Å². The lowest BCUT2D eigenvalue weighted by Crippen LogP contribution is -2.18. The molecule has 2 N–H and O–H groups in total. The topological polar surface area (TPSA) is 29.3 Å². The molecule has 0 saturated heterocycles. The highest BCUT2D eigenvalue weighted by Gasteiger charge is 2.05. The van der Waals surface area contributed by atoms with Gasteiger partial charge < -0.3 is 10.6 Å². The van der Waals surface area contributed by atoms with E-state index in [2.05, 4.69) is 18.9 Å². The maximum Gasteiger partial charge on any atom is 0.0659 e. The van der Waals surface area contributed by atoms with Gasteiger partial charge in [-0.25, -0.2) is 0 Å². The fraction of sp³-hybridized carbons (Fsp3) is 0.500. The molecule has 15 heavy (non-hydrogen) atoms. The van der Waals surface area contributed by atoms with E-state index in [0.29, 0.717) is 5.69 Å². The fourth-order valence-corrected chi connectivity index (χ4v) is 1.89. The van der Waals surface area contributed by atoms with Gasteiger partial charge in [0.25, 0.3) is 0 Å². The molecule has 3 heteroatoms. The SMILES string of the molecule is CCCCCN(C)c1ccc(N)cc1Cl. The van der Waals surface area contributed by atoms with Crippen molar-refractivity contribution < 1.29 is 0 Å². The molecule has 0 bridgehead atoms. The molecule has 0 unspecified atom stereocenters. The monoisotopic (exact) mass is 226 g/mol. The number of benzene rings is 1. The molecule has 0 fully saturated rings. The lowest BCUT2D eigenvalue weighted by atomic mass is 10.2. The summed E-state index contributed by atoms with van der Waals surface area (Å²) in [5, 5.41) is 0.731. The first kappa shape index (κ1) is 12.2. The van der Waals surface area contributed by atoms with Crippen molar-refractivity contribution in [2.24, 2.45) is 0 Å². The second kappa shape index (κ2) is 5.86. The summed E-state index contributed by atoms with van der Waals surface area (Å²) < 4.78 is 0. The van der Waals surface area contributed by atoms with Crippen molar-refractivity contribution in [3.8, 4) is 0 Å². The van der Waals surface area contributed by atoms with Gasteiger partial charge in [0.15, 0.2) is 0 Å². The molecule has 1 rings (SSSR count). The molecule has 0 amide bonds. The zero-order valence-electron chi connectivity index (χ0n) is 9.46. The van der Waals surface area contributed by atoms with Crippen LogP contribution in [0.5, 0.6) is 0 Å². The smallest absolute Gasteiger partial charge is 0.0659 e. The zero-order chi connectivity index (χ0) is 11.3. The highest BCUT2D eigenvalue weighted by Crippen LogP contribution is 2.27. The van der Waals surface area contributed by atoms with Crippen molar-refractivity contribution in [3.63, 3.8) is 0 Å². The normalized spacial score (nSPS) is 10.3. The van der Waals surface area contributed by atoms with Crippen LogP contribution in [0.3, 0.4) is 0 Å². The Morgan fingerprint density at radius 2 is 2.07 bits per heavy atom. The van der Waals surface area contributed by atoms with Crippen molar-refractivity contribution >= 4 is 23.0 Å². The van der Waals surface area contributed by atoms with Crippen molar-refractivity contribution in [1.82, 2.24) is 0 Å². The molecular formula is C12H19ClN2. The minimum atomic E-state index is 0.714. The number of anilines is 2. The van der Waals surface area contributed by atoms with E-state index in [-0.39, 0.29) is 0 Å². The lowest BCUT2D eigenvalue weighted by molar-refractivity contribution is 0.705. The molecule has 0 saturated carbocycles. The number of unbranched alkanes of at least 4 members (excludes halogenated alkanes) is 2. The Kier molecular flexibility index (Phi) is 4.76. The molecule has 1 aromatic rings. The quantitative estimate of drug-likeness (QED) is 0.615. The number of halogens is 1. The molecular weight excluding hydrogens is 208 g/mol. The predicted molar refractivity (Wildman–Crippen MR) is 68.7 cm³/mol. The van der Waals surface area contributed by atoms with Gasteiger partial charge in [-0.15, -0.1) is 0 Å². The first-order valence-electron chi connectivity index (χ1n) is 5.41. The summed E-state index contributed by atoms with van der Waals surface area (Å²) in [4.78, 5) is 2.18. The van der Waals surface area contributed by atoms with E-state index in [9.17, 15) is 0 Å². The van der Waals surface area contributed by atoms with Crippen LogP contribution in [-0.2, 0) is 0 Å². The van der Waals surface area contributed by atoms with Gasteiger partial charge in [0.1, 0.15) is 0 Å². The Morgan fingerprint density at radius 3 is 2.67 bits per heavy atom. The van der Waals surface area contributed by atoms with Crippen molar-refractivity contribution in [3.05, 3.63) is 23.2 Å². The molecule has 0 atom stereocenters. The third-order valence-corrected chi connectivity index (χ3v) is 2.78. The molecule has 0 aliphatic carbocycles. The van der Waals surface area contributed by atoms with Crippen LogP contribution in [0.1, 0.15) is 26.2 Å². The third kappa shape index (κ3) is 3.63. The third-order valence-electron chi connectivity index (χ3n) is 2.48. The van der Waals surface area contributed by atoms with Crippen LogP contribution in [-0.4, -0.2) is 13.6 Å². The van der Waals surface area contributed by atoms with E-state index in [1.807, 2.05) is 12.1 Å². The Hall–Kier alpha value is -0.890. The summed E-state index contributed by atoms with van der Waals surface area (Å²) >= 11 is 6.12. The number of rotatable bonds is 5. The first-order valence-corrected chi connectivity index (χ1v) is 5.79. The summed E-state index contributed by atoms with van der Waals surface area (Å²) in [5.41, 5.74) is 7.42. The van der Waals surface area contributed by atoms with Gasteiger partial charge in [0.05, 0.1) is 10.7 Å². The summed E-state index contributed by atoms with van der Waals surface area (Å²) in [7, 11) is 2.06. The molecule has 0 radical (unpaired) electrons. The predicted octanol–water partition coefficient (Wildman–Crippen LogP) is 3.55. The standard InChI is InChI=1S/C12H19ClN2/c1-3-4-5-8-15(2)12-7-6-10(14)9-11(12)13/h6-7,9H,3-5,8,14H2,1-2H3. The summed E-state index contributed by atoms with van der Waals surface area (Å²) in [6.45, 7) is 3.24. The van der Waals surface area contributed by atoms with Gasteiger partial charge in [-0.1, -0.05) is 31.4 Å². The molecule has 0 aromatic heterocycles. The maximum atomic E-state index is 6.12. The maximum absolute atomic E-state index is 6.12. The fourth-order valence-electron chi connectivity index (χ4n) is 1.55. The Bertz CT molecular complexity index is 312. The van der Waals surface area contributed by atoms with Gasteiger partial charge in [0, 0.05) is 19.3 Å². The van der Waals surface area contributed by atoms with E-state index < -0.39 is 0 Å². The van der Waals surface area contributed by atoms with Crippen LogP contribution in [0.4, 0.5) is 11.4 Å². The molecule has 0 aliphatic rings. The molecule has 0 aliphatic heterocycles. The van der Waals surface area contributed by atoms with Gasteiger partial charge in [0.2, 0.25) is 0 Å². The average molecular weight is 227 g/mol. The second-order valence-electron chi connectivity index (χ2n) is 3.84. The van der Waals surface area contributed by atoms with Crippen LogP contribution in [0, 0.1) is 0 Å². The molecule has 0 spiro atoms. The van der Waals surface area contributed by atoms with E-state index in [1.165, 1.54) is 19.3 Å². The molecule has 2 nitrogen and oxygen atoms in total. The van der Waals surface area contributed by atoms with Gasteiger partial charge in [-0.2, -0.15) is 0 Å². The number of hydrogen-bond donors (Lipinski definition) is 1. The van der Waals surface area contributed by atoms with Gasteiger partial charge in [-0.05, 0) is 24.6 Å². The Balaban J connectivity index is 2.61. The first-order chi connectivity index (χ1) is 7.15. The zero-order valence-corrected chi connectivity index (χ0v) is 10.2. The Morgan fingerprint density at radius 1 is 1.33 bits per heavy atom. The van der Waals surface area contributed by atoms with Crippen molar-refractivity contribution in [1.29, 1.82) is 0 Å². The minimum Gasteiger partial charge on any atom is -0.399 e. The van der Waals surface area contributed by atoms with Gasteiger partial charge in [-0.3, -0.25) is 0 Å². The summed E-state index contributed by atoms with van der Waals surface area (Å²) in [6.07, 6.45) is 3.70. The van der Waals surface area contributed by atoms with E-state index in [1.54, 1.807) is 6.07 Å². The number of hydrogen-bond acceptors (Lipinski definition) is 2. The second-order valence-corrected chi connectivity index (χ2v) is 4.25. The van der Waals surface area contributed by atoms with Crippen LogP contribution in [0.2, 0.25) is 5.02 Å². The van der Waals surface area contributed by atoms with Crippen LogP contribution >= 0.6 is 11.6 Å². The van der Waals surface area contributed by atoms with E-state index in [0.717, 1.165) is 17.3 Å². The highest BCUT2D eigenvalue weighted by atomic mass is 35.5. The minimum absolute atomic E-state index is 0.714. The van der Waals surface area contributed by atoms with Gasteiger partial charge >= 0.3 is 0 Å². The average Bonchev–Trinajstić information content (AvgIpc) is 2.17. The van der Waals surface area contributed by atoms with E-state index in [4.69, 9.17) is 17.3 Å². The van der Waals surface area contributed by atoms with Crippen LogP contribution < -0.4 is 10.6 Å². The number of nitrogens with zero attached hydrogens (tertiary/aromatic N) is 1. The van der Waals surface area contributed by atoms with Crippen molar-refractivity contribution in [2.45, 2.75) is 26.2 Å². The molecule has 84 valence electrons. The number of nitrogen functional groups attached to an aromatic ring is 1. The summed E-state index contributed by atoms with van der Waals surface area (Å²) in [5.74, 6) is 0. The molecule has 0 heterocycles. The van der Waals surface area contributed by atoms with Crippen LogP contribution in [0.25, 0.3) is 0 Å². The largest absolute Gasteiger partial charge is 0.399 e. The van der Waals surface area contributed by atoms with Crippen molar-refractivity contribution in [2.75, 3.05) is 24.2 Å². The lowest BCUT2D eigenvalue weighted by Gasteiger charge is -2.20. The summed E-state index contributed by atoms with van der Waals surface area (Å²) in [6, 6.07) is 5.66. The molecule has 1 aromatic carbocycles. The van der Waals surface area contributed by atoms with E-state index >= 15 is 0 Å².